The molecule has 0 heterocycles. The summed E-state index contributed by atoms with van der Waals surface area (Å²) in [5.41, 5.74) is 3.84. The molecule has 19 heavy (non-hydrogen) atoms. The van der Waals surface area contributed by atoms with Crippen LogP contribution < -0.4 is 10.6 Å². The molecule has 2 N–H and O–H groups in total. The monoisotopic (exact) mass is 276 g/mol. The lowest BCUT2D eigenvalue weighted by Crippen LogP contribution is -2.48. The van der Waals surface area contributed by atoms with Crippen LogP contribution in [0, 0.1) is 13.8 Å². The Hall–Kier alpha value is -1.09. The van der Waals surface area contributed by atoms with Gasteiger partial charge in [0, 0.05) is 11.2 Å². The van der Waals surface area contributed by atoms with Gasteiger partial charge in [-0.3, -0.25) is 0 Å². The van der Waals surface area contributed by atoms with Crippen LogP contribution in [0.5, 0.6) is 0 Å². The maximum absolute atomic E-state index is 5.44. The average Bonchev–Trinajstić information content (AvgIpc) is 2.34. The Bertz CT molecular complexity index is 462. The van der Waals surface area contributed by atoms with Gasteiger partial charge in [0.05, 0.1) is 0 Å². The van der Waals surface area contributed by atoms with Gasteiger partial charge in [0.2, 0.25) is 0 Å². The van der Waals surface area contributed by atoms with E-state index >= 15 is 0 Å². The Morgan fingerprint density at radius 1 is 1.11 bits per heavy atom. The second kappa shape index (κ2) is 5.91. The molecule has 0 aromatic heterocycles. The maximum Gasteiger partial charge on any atom is 0.171 e. The number of nitrogens with one attached hydrogen (secondary N) is 2. The summed E-state index contributed by atoms with van der Waals surface area (Å²) in [4.78, 5) is 0. The standard InChI is InChI=1S/C16H24N2S/c1-12-7-8-14(11-13(12)2)17-15(19)18-16(3)9-5-4-6-10-16/h7-8,11H,4-6,9-10H2,1-3H3,(H2,17,18,19). The summed E-state index contributed by atoms with van der Waals surface area (Å²) in [6, 6.07) is 6.36. The van der Waals surface area contributed by atoms with Crippen molar-refractivity contribution >= 4 is 23.0 Å². The highest BCUT2D eigenvalue weighted by Gasteiger charge is 2.27. The molecule has 2 nitrogen and oxygen atoms in total. The quantitative estimate of drug-likeness (QED) is 0.787. The van der Waals surface area contributed by atoms with E-state index < -0.39 is 0 Å². The molecule has 0 saturated heterocycles. The van der Waals surface area contributed by atoms with Gasteiger partial charge in [-0.1, -0.05) is 25.3 Å². The van der Waals surface area contributed by atoms with Gasteiger partial charge >= 0.3 is 0 Å². The molecular weight excluding hydrogens is 252 g/mol. The number of anilines is 1. The molecule has 2 rings (SSSR count). The van der Waals surface area contributed by atoms with Gasteiger partial charge in [0.1, 0.15) is 0 Å². The summed E-state index contributed by atoms with van der Waals surface area (Å²) in [7, 11) is 0. The van der Waals surface area contributed by atoms with Crippen LogP contribution in [-0.4, -0.2) is 10.7 Å². The zero-order chi connectivity index (χ0) is 13.9. The molecular formula is C16H24N2S. The van der Waals surface area contributed by atoms with Crippen LogP contribution in [0.3, 0.4) is 0 Å². The molecule has 0 aliphatic heterocycles. The normalized spacial score (nSPS) is 17.8. The minimum atomic E-state index is 0.169. The van der Waals surface area contributed by atoms with Crippen LogP contribution in [0.4, 0.5) is 5.69 Å². The highest BCUT2D eigenvalue weighted by Crippen LogP contribution is 2.27. The summed E-state index contributed by atoms with van der Waals surface area (Å²) in [6.45, 7) is 6.53. The van der Waals surface area contributed by atoms with Gasteiger partial charge in [-0.2, -0.15) is 0 Å². The van der Waals surface area contributed by atoms with E-state index in [-0.39, 0.29) is 5.54 Å². The molecule has 0 unspecified atom stereocenters. The van der Waals surface area contributed by atoms with Crippen LogP contribution in [0.25, 0.3) is 0 Å². The number of thiocarbonyl (C=S) groups is 1. The second-order valence-corrected chi connectivity index (χ2v) is 6.41. The molecule has 0 amide bonds. The minimum Gasteiger partial charge on any atom is -0.357 e. The molecule has 1 saturated carbocycles. The van der Waals surface area contributed by atoms with Crippen molar-refractivity contribution in [1.29, 1.82) is 0 Å². The smallest absolute Gasteiger partial charge is 0.171 e. The highest BCUT2D eigenvalue weighted by molar-refractivity contribution is 7.80. The van der Waals surface area contributed by atoms with Gasteiger partial charge in [0.25, 0.3) is 0 Å². The highest BCUT2D eigenvalue weighted by atomic mass is 32.1. The molecule has 1 fully saturated rings. The van der Waals surface area contributed by atoms with Crippen molar-refractivity contribution in [3.63, 3.8) is 0 Å². The van der Waals surface area contributed by atoms with Crippen molar-refractivity contribution in [2.24, 2.45) is 0 Å². The van der Waals surface area contributed by atoms with E-state index in [2.05, 4.69) is 49.6 Å². The van der Waals surface area contributed by atoms with Crippen molar-refractivity contribution in [2.45, 2.75) is 58.4 Å². The third kappa shape index (κ3) is 3.93. The summed E-state index contributed by atoms with van der Waals surface area (Å²) in [5.74, 6) is 0. The number of hydrogen-bond acceptors (Lipinski definition) is 1. The van der Waals surface area contributed by atoms with Crippen LogP contribution >= 0.6 is 12.2 Å². The lowest BCUT2D eigenvalue weighted by Gasteiger charge is -2.35. The van der Waals surface area contributed by atoms with E-state index in [0.29, 0.717) is 0 Å². The van der Waals surface area contributed by atoms with Crippen molar-refractivity contribution in [2.75, 3.05) is 5.32 Å². The van der Waals surface area contributed by atoms with Gasteiger partial charge in [-0.15, -0.1) is 0 Å². The van der Waals surface area contributed by atoms with Crippen molar-refractivity contribution < 1.29 is 0 Å². The van der Waals surface area contributed by atoms with E-state index in [4.69, 9.17) is 12.2 Å². The first kappa shape index (κ1) is 14.3. The van der Waals surface area contributed by atoms with E-state index in [1.54, 1.807) is 0 Å². The van der Waals surface area contributed by atoms with Gasteiger partial charge in [0.15, 0.2) is 5.11 Å². The third-order valence-corrected chi connectivity index (χ3v) is 4.34. The van der Waals surface area contributed by atoms with Crippen LogP contribution in [0.2, 0.25) is 0 Å². The number of rotatable bonds is 2. The maximum atomic E-state index is 5.44. The van der Waals surface area contributed by atoms with Crippen LogP contribution in [0.1, 0.15) is 50.2 Å². The Balaban J connectivity index is 1.95. The first-order valence-electron chi connectivity index (χ1n) is 7.15. The van der Waals surface area contributed by atoms with Crippen molar-refractivity contribution in [3.05, 3.63) is 29.3 Å². The summed E-state index contributed by atoms with van der Waals surface area (Å²) in [6.07, 6.45) is 6.38. The topological polar surface area (TPSA) is 24.1 Å². The second-order valence-electron chi connectivity index (χ2n) is 6.00. The molecule has 1 aliphatic carbocycles. The minimum absolute atomic E-state index is 0.169. The lowest BCUT2D eigenvalue weighted by molar-refractivity contribution is 0.292. The largest absolute Gasteiger partial charge is 0.357 e. The zero-order valence-corrected chi connectivity index (χ0v) is 13.0. The van der Waals surface area contributed by atoms with Crippen molar-refractivity contribution in [1.82, 2.24) is 5.32 Å². The van der Waals surface area contributed by atoms with E-state index in [1.807, 2.05) is 0 Å². The van der Waals surface area contributed by atoms with Crippen molar-refractivity contribution in [3.8, 4) is 0 Å². The molecule has 0 bridgehead atoms. The SMILES string of the molecule is Cc1ccc(NC(=S)NC2(C)CCCCC2)cc1C. The predicted octanol–water partition coefficient (Wildman–Crippen LogP) is 4.31. The summed E-state index contributed by atoms with van der Waals surface area (Å²) >= 11 is 5.44. The Morgan fingerprint density at radius 3 is 2.42 bits per heavy atom. The van der Waals surface area contributed by atoms with Gasteiger partial charge < -0.3 is 10.6 Å². The summed E-state index contributed by atoms with van der Waals surface area (Å²) < 4.78 is 0. The fourth-order valence-corrected chi connectivity index (χ4v) is 3.08. The van der Waals surface area contributed by atoms with Crippen LogP contribution in [-0.2, 0) is 0 Å². The van der Waals surface area contributed by atoms with E-state index in [9.17, 15) is 0 Å². The number of aryl methyl sites for hydroxylation is 2. The molecule has 0 spiro atoms. The molecule has 1 aromatic carbocycles. The average molecular weight is 276 g/mol. The Kier molecular flexibility index (Phi) is 4.46. The van der Waals surface area contributed by atoms with Gasteiger partial charge in [-0.25, -0.2) is 0 Å². The Labute approximate surface area is 122 Å². The molecule has 0 radical (unpaired) electrons. The fourth-order valence-electron chi connectivity index (χ4n) is 2.71. The fraction of sp³-hybridized carbons (Fsp3) is 0.562. The predicted molar refractivity (Wildman–Crippen MR) is 86.8 cm³/mol. The Morgan fingerprint density at radius 2 is 1.79 bits per heavy atom. The van der Waals surface area contributed by atoms with E-state index in [0.717, 1.165) is 10.8 Å². The van der Waals surface area contributed by atoms with Gasteiger partial charge in [-0.05, 0) is 69.1 Å². The van der Waals surface area contributed by atoms with Crippen LogP contribution in [0.15, 0.2) is 18.2 Å². The lowest BCUT2D eigenvalue weighted by atomic mass is 9.83. The molecule has 3 heteroatoms. The first-order chi connectivity index (χ1) is 8.98. The molecule has 1 aliphatic rings. The zero-order valence-electron chi connectivity index (χ0n) is 12.2. The number of benzene rings is 1. The number of hydrogen-bond donors (Lipinski definition) is 2. The first-order valence-corrected chi connectivity index (χ1v) is 7.56. The molecule has 104 valence electrons. The third-order valence-electron chi connectivity index (χ3n) is 4.14. The molecule has 0 atom stereocenters. The molecule has 1 aromatic rings. The summed E-state index contributed by atoms with van der Waals surface area (Å²) in [5, 5.41) is 7.54. The van der Waals surface area contributed by atoms with E-state index in [1.165, 1.54) is 43.2 Å².